The van der Waals surface area contributed by atoms with E-state index in [1.54, 1.807) is 0 Å². The van der Waals surface area contributed by atoms with Gasteiger partial charge in [-0.1, -0.05) is 12.1 Å². The highest BCUT2D eigenvalue weighted by Gasteiger charge is 2.23. The fourth-order valence-electron chi connectivity index (χ4n) is 3.07. The summed E-state index contributed by atoms with van der Waals surface area (Å²) in [5, 5.41) is 10.8. The summed E-state index contributed by atoms with van der Waals surface area (Å²) in [4.78, 5) is 13.7. The number of rotatable bonds is 4. The van der Waals surface area contributed by atoms with Gasteiger partial charge >= 0.3 is 0 Å². The zero-order valence-corrected chi connectivity index (χ0v) is 13.9. The van der Waals surface area contributed by atoms with Gasteiger partial charge in [0.25, 0.3) is 0 Å². The number of nitrogens with zero attached hydrogens (tertiary/aromatic N) is 4. The summed E-state index contributed by atoms with van der Waals surface area (Å²) in [6.45, 7) is 8.93. The first kappa shape index (κ1) is 16.1. The molecular formula is C17H25N5O. The van der Waals surface area contributed by atoms with E-state index in [9.17, 15) is 5.11 Å². The maximum Gasteiger partial charge on any atom is 0.145 e. The van der Waals surface area contributed by atoms with Gasteiger partial charge in [-0.3, -0.25) is 9.80 Å². The predicted molar refractivity (Wildman–Crippen MR) is 92.0 cm³/mol. The van der Waals surface area contributed by atoms with E-state index in [0.717, 1.165) is 42.9 Å². The molecule has 1 aromatic carbocycles. The molecule has 2 heterocycles. The van der Waals surface area contributed by atoms with Crippen LogP contribution in [0.1, 0.15) is 19.7 Å². The highest BCUT2D eigenvalue weighted by Crippen LogP contribution is 2.18. The number of nitrogen functional groups attached to an aromatic ring is 1. The Hall–Kier alpha value is -1.76. The van der Waals surface area contributed by atoms with Gasteiger partial charge in [0.1, 0.15) is 11.6 Å². The smallest absolute Gasteiger partial charge is 0.145 e. The first-order chi connectivity index (χ1) is 10.9. The summed E-state index contributed by atoms with van der Waals surface area (Å²) in [6.07, 6.45) is 0. The lowest BCUT2D eigenvalue weighted by Crippen LogP contribution is -2.50. The summed E-state index contributed by atoms with van der Waals surface area (Å²) in [6, 6.07) is 7.83. The number of aliphatic hydroxyl groups is 1. The molecule has 1 aromatic heterocycles. The highest BCUT2D eigenvalue weighted by atomic mass is 16.3. The topological polar surface area (TPSA) is 78.5 Å². The van der Waals surface area contributed by atoms with Crippen molar-refractivity contribution >= 4 is 16.7 Å². The third-order valence-electron chi connectivity index (χ3n) is 4.12. The van der Waals surface area contributed by atoms with Crippen LogP contribution >= 0.6 is 0 Å². The molecule has 0 bridgehead atoms. The molecule has 23 heavy (non-hydrogen) atoms. The Morgan fingerprint density at radius 1 is 1.09 bits per heavy atom. The molecule has 2 aromatic rings. The minimum absolute atomic E-state index is 0.547. The largest absolute Gasteiger partial charge is 0.389 e. The molecule has 3 N–H and O–H groups in total. The number of piperazine rings is 1. The lowest BCUT2D eigenvalue weighted by molar-refractivity contribution is 0.0163. The molecule has 0 unspecified atom stereocenters. The number of hydrogen-bond donors (Lipinski definition) is 2. The van der Waals surface area contributed by atoms with Crippen LogP contribution in [0.25, 0.3) is 10.9 Å². The second kappa shape index (κ2) is 6.39. The van der Waals surface area contributed by atoms with Crippen LogP contribution in [0, 0.1) is 0 Å². The summed E-state index contributed by atoms with van der Waals surface area (Å²) >= 11 is 0. The van der Waals surface area contributed by atoms with Gasteiger partial charge in [0.2, 0.25) is 0 Å². The Bertz CT molecular complexity index is 674. The maximum atomic E-state index is 9.91. The molecule has 1 fully saturated rings. The molecule has 6 nitrogen and oxygen atoms in total. The standard InChI is InChI=1S/C17H25N5O/c1-17(2,23)12-22-9-7-21(8-10-22)11-15-19-14-6-4-3-5-13(14)16(18)20-15/h3-6,23H,7-12H2,1-2H3,(H2,18,19,20). The molecule has 6 heteroatoms. The Morgan fingerprint density at radius 3 is 2.43 bits per heavy atom. The average molecular weight is 315 g/mol. The van der Waals surface area contributed by atoms with E-state index < -0.39 is 5.60 Å². The number of benzene rings is 1. The molecule has 3 rings (SSSR count). The number of para-hydroxylation sites is 1. The van der Waals surface area contributed by atoms with Crippen LogP contribution in [-0.4, -0.2) is 63.2 Å². The first-order valence-electron chi connectivity index (χ1n) is 8.09. The Kier molecular flexibility index (Phi) is 4.48. The summed E-state index contributed by atoms with van der Waals surface area (Å²) < 4.78 is 0. The van der Waals surface area contributed by atoms with Crippen LogP contribution < -0.4 is 5.73 Å². The third kappa shape index (κ3) is 4.16. The lowest BCUT2D eigenvalue weighted by atomic mass is 10.1. The van der Waals surface area contributed by atoms with Crippen molar-refractivity contribution in [2.24, 2.45) is 0 Å². The van der Waals surface area contributed by atoms with E-state index in [-0.39, 0.29) is 0 Å². The van der Waals surface area contributed by atoms with Gasteiger partial charge in [-0.25, -0.2) is 9.97 Å². The molecule has 1 saturated heterocycles. The lowest BCUT2D eigenvalue weighted by Gasteiger charge is -2.37. The molecule has 124 valence electrons. The van der Waals surface area contributed by atoms with Crippen LogP contribution in [0.15, 0.2) is 24.3 Å². The number of fused-ring (bicyclic) bond motifs is 1. The predicted octanol–water partition coefficient (Wildman–Crippen LogP) is 1.10. The zero-order valence-electron chi connectivity index (χ0n) is 13.9. The van der Waals surface area contributed by atoms with Crippen LogP contribution in [0.3, 0.4) is 0 Å². The molecular weight excluding hydrogens is 290 g/mol. The maximum absolute atomic E-state index is 9.91. The number of anilines is 1. The van der Waals surface area contributed by atoms with E-state index in [2.05, 4.69) is 19.8 Å². The zero-order chi connectivity index (χ0) is 16.4. The van der Waals surface area contributed by atoms with Crippen molar-refractivity contribution in [1.29, 1.82) is 0 Å². The van der Waals surface area contributed by atoms with Crippen molar-refractivity contribution in [2.75, 3.05) is 38.5 Å². The van der Waals surface area contributed by atoms with E-state index in [0.29, 0.717) is 18.9 Å². The van der Waals surface area contributed by atoms with Crippen LogP contribution in [0.4, 0.5) is 5.82 Å². The van der Waals surface area contributed by atoms with Crippen molar-refractivity contribution in [3.8, 4) is 0 Å². The van der Waals surface area contributed by atoms with Crippen LogP contribution in [-0.2, 0) is 6.54 Å². The summed E-state index contributed by atoms with van der Waals surface area (Å²) in [7, 11) is 0. The van der Waals surface area contributed by atoms with Crippen molar-refractivity contribution in [2.45, 2.75) is 26.0 Å². The minimum Gasteiger partial charge on any atom is -0.389 e. The second-order valence-corrected chi connectivity index (χ2v) is 6.91. The van der Waals surface area contributed by atoms with Crippen molar-refractivity contribution < 1.29 is 5.11 Å². The average Bonchev–Trinajstić information content (AvgIpc) is 2.48. The van der Waals surface area contributed by atoms with Crippen LogP contribution in [0.2, 0.25) is 0 Å². The Balaban J connectivity index is 1.63. The number of hydrogen-bond acceptors (Lipinski definition) is 6. The Labute approximate surface area is 136 Å². The number of nitrogens with two attached hydrogens (primary N) is 1. The SMILES string of the molecule is CC(C)(O)CN1CCN(Cc2nc(N)c3ccccc3n2)CC1. The van der Waals surface area contributed by atoms with Gasteiger partial charge in [-0.05, 0) is 26.0 Å². The van der Waals surface area contributed by atoms with Crippen LogP contribution in [0.5, 0.6) is 0 Å². The van der Waals surface area contributed by atoms with E-state index >= 15 is 0 Å². The fourth-order valence-corrected chi connectivity index (χ4v) is 3.07. The molecule has 0 aliphatic carbocycles. The molecule has 1 aliphatic rings. The van der Waals surface area contributed by atoms with Crippen molar-refractivity contribution in [3.63, 3.8) is 0 Å². The second-order valence-electron chi connectivity index (χ2n) is 6.91. The highest BCUT2D eigenvalue weighted by molar-refractivity contribution is 5.87. The quantitative estimate of drug-likeness (QED) is 0.880. The number of aromatic nitrogens is 2. The van der Waals surface area contributed by atoms with Gasteiger partial charge in [0.15, 0.2) is 0 Å². The van der Waals surface area contributed by atoms with Gasteiger partial charge in [0, 0.05) is 38.1 Å². The van der Waals surface area contributed by atoms with Gasteiger partial charge in [-0.2, -0.15) is 0 Å². The third-order valence-corrected chi connectivity index (χ3v) is 4.12. The molecule has 0 radical (unpaired) electrons. The molecule has 0 atom stereocenters. The molecule has 0 amide bonds. The van der Waals surface area contributed by atoms with Gasteiger partial charge < -0.3 is 10.8 Å². The summed E-state index contributed by atoms with van der Waals surface area (Å²) in [5.41, 5.74) is 6.31. The monoisotopic (exact) mass is 315 g/mol. The van der Waals surface area contributed by atoms with E-state index in [4.69, 9.17) is 5.73 Å². The number of β-amino-alcohol motifs (C(OH)–C–C–N with tert-alkyl or cyclic N) is 1. The molecule has 0 saturated carbocycles. The van der Waals surface area contributed by atoms with Crippen molar-refractivity contribution in [3.05, 3.63) is 30.1 Å². The minimum atomic E-state index is -0.641. The van der Waals surface area contributed by atoms with Gasteiger partial charge in [-0.15, -0.1) is 0 Å². The van der Waals surface area contributed by atoms with E-state index in [1.165, 1.54) is 0 Å². The Morgan fingerprint density at radius 2 is 1.74 bits per heavy atom. The fraction of sp³-hybridized carbons (Fsp3) is 0.529. The molecule has 1 aliphatic heterocycles. The normalized spacial score (nSPS) is 17.7. The van der Waals surface area contributed by atoms with Gasteiger partial charge in [0.05, 0.1) is 17.7 Å². The summed E-state index contributed by atoms with van der Waals surface area (Å²) in [5.74, 6) is 1.32. The van der Waals surface area contributed by atoms with Crippen molar-refractivity contribution in [1.82, 2.24) is 19.8 Å². The molecule has 0 spiro atoms. The van der Waals surface area contributed by atoms with E-state index in [1.807, 2.05) is 38.1 Å². The first-order valence-corrected chi connectivity index (χ1v) is 8.09.